The maximum Gasteiger partial charge on any atom is 0.105 e. The van der Waals surface area contributed by atoms with E-state index in [0.29, 0.717) is 11.6 Å². The first-order valence-corrected chi connectivity index (χ1v) is 6.63. The zero-order chi connectivity index (χ0) is 13.8. The summed E-state index contributed by atoms with van der Waals surface area (Å²) >= 11 is 5.86. The highest BCUT2D eigenvalue weighted by Gasteiger charge is 2.11. The number of hydrogen-bond acceptors (Lipinski definition) is 3. The van der Waals surface area contributed by atoms with Gasteiger partial charge in [-0.05, 0) is 37.6 Å². The van der Waals surface area contributed by atoms with E-state index in [-0.39, 0.29) is 12.6 Å². The van der Waals surface area contributed by atoms with E-state index < -0.39 is 0 Å². The molecule has 1 aromatic heterocycles. The van der Waals surface area contributed by atoms with Crippen molar-refractivity contribution >= 4 is 11.6 Å². The normalized spacial score (nSPS) is 12.6. The van der Waals surface area contributed by atoms with E-state index >= 15 is 0 Å². The summed E-state index contributed by atoms with van der Waals surface area (Å²) in [6.45, 7) is 4.58. The Labute approximate surface area is 118 Å². The van der Waals surface area contributed by atoms with E-state index in [1.807, 2.05) is 44.2 Å². The lowest BCUT2D eigenvalue weighted by molar-refractivity contribution is 0.243. The topological polar surface area (TPSA) is 45.4 Å². The van der Waals surface area contributed by atoms with Crippen molar-refractivity contribution in [3.05, 3.63) is 58.0 Å². The minimum Gasteiger partial charge on any atom is -0.466 e. The van der Waals surface area contributed by atoms with E-state index in [1.54, 1.807) is 0 Å². The summed E-state index contributed by atoms with van der Waals surface area (Å²) < 4.78 is 5.48. The molecule has 0 aliphatic rings. The van der Waals surface area contributed by atoms with Crippen molar-refractivity contribution in [1.29, 1.82) is 0 Å². The van der Waals surface area contributed by atoms with Crippen LogP contribution in [-0.2, 0) is 6.54 Å². The molecule has 1 heterocycles. The van der Waals surface area contributed by atoms with Crippen molar-refractivity contribution in [1.82, 2.24) is 5.32 Å². The van der Waals surface area contributed by atoms with Gasteiger partial charge in [0, 0.05) is 17.1 Å². The predicted molar refractivity (Wildman–Crippen MR) is 76.3 cm³/mol. The molecular weight excluding hydrogens is 262 g/mol. The number of furan rings is 1. The Morgan fingerprint density at radius 3 is 2.47 bits per heavy atom. The van der Waals surface area contributed by atoms with Crippen LogP contribution in [0.25, 0.3) is 0 Å². The van der Waals surface area contributed by atoms with Crippen LogP contribution in [0, 0.1) is 13.8 Å². The van der Waals surface area contributed by atoms with Gasteiger partial charge in [0.1, 0.15) is 11.5 Å². The van der Waals surface area contributed by atoms with Crippen molar-refractivity contribution in [2.75, 3.05) is 6.61 Å². The average Bonchev–Trinajstić information content (AvgIpc) is 2.71. The van der Waals surface area contributed by atoms with Crippen LogP contribution < -0.4 is 5.32 Å². The van der Waals surface area contributed by atoms with Gasteiger partial charge < -0.3 is 14.8 Å². The van der Waals surface area contributed by atoms with Gasteiger partial charge in [0.05, 0.1) is 12.6 Å². The molecular formula is C15H18ClNO2. The van der Waals surface area contributed by atoms with Gasteiger partial charge in [-0.1, -0.05) is 23.7 Å². The van der Waals surface area contributed by atoms with Gasteiger partial charge in [-0.3, -0.25) is 0 Å². The highest BCUT2D eigenvalue weighted by Crippen LogP contribution is 2.18. The lowest BCUT2D eigenvalue weighted by Crippen LogP contribution is -2.24. The van der Waals surface area contributed by atoms with Crippen LogP contribution >= 0.6 is 11.6 Å². The fourth-order valence-electron chi connectivity index (χ4n) is 2.08. The fourth-order valence-corrected chi connectivity index (χ4v) is 2.20. The average molecular weight is 280 g/mol. The molecule has 2 N–H and O–H groups in total. The molecule has 0 saturated heterocycles. The van der Waals surface area contributed by atoms with Crippen molar-refractivity contribution in [3.63, 3.8) is 0 Å². The predicted octanol–water partition coefficient (Wildman–Crippen LogP) is 3.37. The van der Waals surface area contributed by atoms with E-state index in [4.69, 9.17) is 16.0 Å². The Hall–Kier alpha value is -1.29. The first-order chi connectivity index (χ1) is 9.10. The number of aliphatic hydroxyl groups excluding tert-OH is 1. The number of benzene rings is 1. The molecule has 0 radical (unpaired) electrons. The Morgan fingerprint density at radius 2 is 1.95 bits per heavy atom. The molecule has 1 atom stereocenters. The van der Waals surface area contributed by atoms with Crippen molar-refractivity contribution in [2.45, 2.75) is 26.4 Å². The summed E-state index contributed by atoms with van der Waals surface area (Å²) in [4.78, 5) is 0. The maximum absolute atomic E-state index is 9.48. The molecule has 2 rings (SSSR count). The molecule has 1 unspecified atom stereocenters. The standard InChI is InChI=1S/C15H18ClNO2/c1-10-7-13(11(2)19-10)8-17-15(9-18)12-3-5-14(16)6-4-12/h3-7,15,17-18H,8-9H2,1-2H3. The number of nitrogens with one attached hydrogen (secondary N) is 1. The van der Waals surface area contributed by atoms with E-state index in [9.17, 15) is 5.11 Å². The smallest absolute Gasteiger partial charge is 0.105 e. The van der Waals surface area contributed by atoms with Crippen LogP contribution in [0.1, 0.15) is 28.7 Å². The van der Waals surface area contributed by atoms with Crippen LogP contribution in [0.4, 0.5) is 0 Å². The number of aryl methyl sites for hydroxylation is 2. The van der Waals surface area contributed by atoms with Crippen molar-refractivity contribution < 1.29 is 9.52 Å². The quantitative estimate of drug-likeness (QED) is 0.882. The van der Waals surface area contributed by atoms with Gasteiger partial charge in [-0.25, -0.2) is 0 Å². The Morgan fingerprint density at radius 1 is 1.26 bits per heavy atom. The van der Waals surface area contributed by atoms with Crippen molar-refractivity contribution in [2.24, 2.45) is 0 Å². The van der Waals surface area contributed by atoms with Gasteiger partial charge in [0.25, 0.3) is 0 Å². The Kier molecular flexibility index (Phi) is 4.64. The van der Waals surface area contributed by atoms with Crippen LogP contribution in [-0.4, -0.2) is 11.7 Å². The summed E-state index contributed by atoms with van der Waals surface area (Å²) in [6.07, 6.45) is 0. The fraction of sp³-hybridized carbons (Fsp3) is 0.333. The van der Waals surface area contributed by atoms with Gasteiger partial charge >= 0.3 is 0 Å². The summed E-state index contributed by atoms with van der Waals surface area (Å²) in [5, 5.41) is 13.5. The molecule has 0 bridgehead atoms. The minimum absolute atomic E-state index is 0.0392. The second-order valence-electron chi connectivity index (χ2n) is 4.61. The molecule has 0 fully saturated rings. The zero-order valence-corrected chi connectivity index (χ0v) is 11.9. The minimum atomic E-state index is -0.105. The van der Waals surface area contributed by atoms with Gasteiger partial charge in [0.15, 0.2) is 0 Å². The number of aliphatic hydroxyl groups is 1. The molecule has 102 valence electrons. The summed E-state index contributed by atoms with van der Waals surface area (Å²) in [7, 11) is 0. The van der Waals surface area contributed by atoms with Crippen LogP contribution in [0.3, 0.4) is 0 Å². The second-order valence-corrected chi connectivity index (χ2v) is 5.04. The van der Waals surface area contributed by atoms with E-state index in [0.717, 1.165) is 22.6 Å². The lowest BCUT2D eigenvalue weighted by Gasteiger charge is -2.16. The molecule has 4 heteroatoms. The molecule has 0 aliphatic carbocycles. The van der Waals surface area contributed by atoms with Crippen LogP contribution in [0.15, 0.2) is 34.7 Å². The molecule has 3 nitrogen and oxygen atoms in total. The molecule has 0 saturated carbocycles. The highest BCUT2D eigenvalue weighted by molar-refractivity contribution is 6.30. The highest BCUT2D eigenvalue weighted by atomic mass is 35.5. The summed E-state index contributed by atoms with van der Waals surface area (Å²) in [6, 6.07) is 9.40. The number of hydrogen-bond donors (Lipinski definition) is 2. The molecule has 1 aromatic carbocycles. The molecule has 0 amide bonds. The van der Waals surface area contributed by atoms with Gasteiger partial charge in [-0.15, -0.1) is 0 Å². The third-order valence-corrected chi connectivity index (χ3v) is 3.39. The van der Waals surface area contributed by atoms with Gasteiger partial charge in [0.2, 0.25) is 0 Å². The van der Waals surface area contributed by atoms with E-state index in [1.165, 1.54) is 0 Å². The zero-order valence-electron chi connectivity index (χ0n) is 11.1. The number of halogens is 1. The second kappa shape index (κ2) is 6.24. The van der Waals surface area contributed by atoms with Crippen LogP contribution in [0.2, 0.25) is 5.02 Å². The van der Waals surface area contributed by atoms with E-state index in [2.05, 4.69) is 5.32 Å². The molecule has 19 heavy (non-hydrogen) atoms. The third-order valence-electron chi connectivity index (χ3n) is 3.14. The monoisotopic (exact) mass is 279 g/mol. The SMILES string of the molecule is Cc1cc(CNC(CO)c2ccc(Cl)cc2)c(C)o1. The molecule has 2 aromatic rings. The summed E-state index contributed by atoms with van der Waals surface area (Å²) in [5.74, 6) is 1.82. The number of rotatable bonds is 5. The Bertz CT molecular complexity index is 534. The molecule has 0 spiro atoms. The molecule has 0 aliphatic heterocycles. The van der Waals surface area contributed by atoms with Crippen molar-refractivity contribution in [3.8, 4) is 0 Å². The third kappa shape index (κ3) is 3.60. The largest absolute Gasteiger partial charge is 0.466 e. The first-order valence-electron chi connectivity index (χ1n) is 6.25. The summed E-state index contributed by atoms with van der Waals surface area (Å²) in [5.41, 5.74) is 2.13. The van der Waals surface area contributed by atoms with Crippen LogP contribution in [0.5, 0.6) is 0 Å². The Balaban J connectivity index is 2.03. The lowest BCUT2D eigenvalue weighted by atomic mass is 10.1. The first kappa shape index (κ1) is 14.1. The maximum atomic E-state index is 9.48. The van der Waals surface area contributed by atoms with Gasteiger partial charge in [-0.2, -0.15) is 0 Å².